The number of rotatable bonds is 5. The van der Waals surface area contributed by atoms with Gasteiger partial charge in [0, 0.05) is 47.7 Å². The smallest absolute Gasteiger partial charge is 0.174 e. The maximum absolute atomic E-state index is 6.00. The molecule has 2 unspecified atom stereocenters. The van der Waals surface area contributed by atoms with Crippen LogP contribution in [0.3, 0.4) is 0 Å². The van der Waals surface area contributed by atoms with Gasteiger partial charge in [-0.2, -0.15) is 0 Å². The van der Waals surface area contributed by atoms with Crippen LogP contribution in [-0.4, -0.2) is 41.0 Å². The maximum atomic E-state index is 6.00. The number of anilines is 2. The molecule has 6 nitrogen and oxygen atoms in total. The molecule has 7 heteroatoms. The lowest BCUT2D eigenvalue weighted by Gasteiger charge is -2.31. The Balaban J connectivity index is 1.45. The number of hydrogen-bond acceptors (Lipinski definition) is 4. The van der Waals surface area contributed by atoms with Crippen LogP contribution in [0.4, 0.5) is 11.4 Å². The Morgan fingerprint density at radius 1 is 0.897 bits per heavy atom. The van der Waals surface area contributed by atoms with E-state index in [1.807, 2.05) is 18.3 Å². The summed E-state index contributed by atoms with van der Waals surface area (Å²) < 4.78 is 7.93. The molecular weight excluding hydrogens is 502 g/mol. The van der Waals surface area contributed by atoms with E-state index in [-0.39, 0.29) is 12.1 Å². The van der Waals surface area contributed by atoms with E-state index in [0.717, 1.165) is 37.7 Å². The highest BCUT2D eigenvalue weighted by molar-refractivity contribution is 7.80. The fourth-order valence-electron chi connectivity index (χ4n) is 6.01. The Morgan fingerprint density at radius 3 is 2.36 bits per heavy atom. The summed E-state index contributed by atoms with van der Waals surface area (Å²) in [6.45, 7) is 12.1. The third-order valence-corrected chi connectivity index (χ3v) is 8.31. The summed E-state index contributed by atoms with van der Waals surface area (Å²) in [6, 6.07) is 23.7. The number of benzene rings is 2. The first kappa shape index (κ1) is 25.6. The van der Waals surface area contributed by atoms with Crippen molar-refractivity contribution < 1.29 is 4.74 Å². The molecule has 6 rings (SSSR count). The molecule has 0 amide bonds. The van der Waals surface area contributed by atoms with Crippen LogP contribution < -0.4 is 15.1 Å². The molecule has 1 N–H and O–H groups in total. The minimum absolute atomic E-state index is 0.0494. The minimum atomic E-state index is -0.0785. The zero-order valence-electron chi connectivity index (χ0n) is 23.0. The van der Waals surface area contributed by atoms with Crippen LogP contribution in [0.1, 0.15) is 45.9 Å². The Hall–Kier alpha value is -3.68. The molecule has 0 radical (unpaired) electrons. The Kier molecular flexibility index (Phi) is 6.87. The van der Waals surface area contributed by atoms with Crippen molar-refractivity contribution in [3.05, 3.63) is 107 Å². The normalized spacial score (nSPS) is 19.4. The van der Waals surface area contributed by atoms with Crippen molar-refractivity contribution in [2.24, 2.45) is 0 Å². The Bertz CT molecular complexity index is 1490. The van der Waals surface area contributed by atoms with Crippen LogP contribution in [0.5, 0.6) is 0 Å². The fraction of sp³-hybridized carbons (Fsp3) is 0.312. The summed E-state index contributed by atoms with van der Waals surface area (Å²) >= 11 is 6.00. The molecule has 4 heterocycles. The molecule has 0 bridgehead atoms. The summed E-state index contributed by atoms with van der Waals surface area (Å²) in [5.41, 5.74) is 10.7. The monoisotopic (exact) mass is 537 g/mol. The second kappa shape index (κ2) is 10.5. The summed E-state index contributed by atoms with van der Waals surface area (Å²) in [5, 5.41) is 4.33. The lowest BCUT2D eigenvalue weighted by atomic mass is 9.96. The summed E-state index contributed by atoms with van der Waals surface area (Å²) in [7, 11) is 0. The van der Waals surface area contributed by atoms with Gasteiger partial charge in [0.2, 0.25) is 0 Å². The van der Waals surface area contributed by atoms with Crippen LogP contribution in [0.25, 0.3) is 5.69 Å². The van der Waals surface area contributed by atoms with Crippen molar-refractivity contribution >= 4 is 28.7 Å². The molecule has 2 aromatic heterocycles. The van der Waals surface area contributed by atoms with E-state index in [0.29, 0.717) is 5.11 Å². The second-order valence-electron chi connectivity index (χ2n) is 10.6. The predicted molar refractivity (Wildman–Crippen MR) is 162 cm³/mol. The van der Waals surface area contributed by atoms with Crippen LogP contribution in [0.15, 0.2) is 72.9 Å². The predicted octanol–water partition coefficient (Wildman–Crippen LogP) is 6.12. The average Bonchev–Trinajstić information content (AvgIpc) is 3.45. The molecule has 0 saturated carbocycles. The van der Waals surface area contributed by atoms with Crippen molar-refractivity contribution in [1.29, 1.82) is 0 Å². The molecule has 39 heavy (non-hydrogen) atoms. The third-order valence-electron chi connectivity index (χ3n) is 8.00. The molecule has 2 fully saturated rings. The van der Waals surface area contributed by atoms with Gasteiger partial charge < -0.3 is 24.4 Å². The van der Waals surface area contributed by atoms with Crippen LogP contribution >= 0.6 is 12.2 Å². The highest BCUT2D eigenvalue weighted by Crippen LogP contribution is 2.44. The molecule has 2 aliphatic rings. The maximum Gasteiger partial charge on any atom is 0.174 e. The van der Waals surface area contributed by atoms with Gasteiger partial charge in [0.05, 0.1) is 31.0 Å². The number of aromatic nitrogens is 2. The molecule has 2 aliphatic heterocycles. The van der Waals surface area contributed by atoms with Gasteiger partial charge in [-0.15, -0.1) is 0 Å². The van der Waals surface area contributed by atoms with Crippen molar-refractivity contribution in [3.8, 4) is 5.69 Å². The summed E-state index contributed by atoms with van der Waals surface area (Å²) in [4.78, 5) is 9.39. The van der Waals surface area contributed by atoms with Gasteiger partial charge in [-0.25, -0.2) is 0 Å². The number of hydrogen-bond donors (Lipinski definition) is 1. The topological polar surface area (TPSA) is 45.6 Å². The zero-order valence-corrected chi connectivity index (χ0v) is 23.8. The summed E-state index contributed by atoms with van der Waals surface area (Å²) in [6.07, 6.45) is 1.86. The molecule has 0 aliphatic carbocycles. The van der Waals surface area contributed by atoms with E-state index in [4.69, 9.17) is 21.9 Å². The number of aryl methyl sites for hydroxylation is 3. The van der Waals surface area contributed by atoms with Crippen LogP contribution in [0.2, 0.25) is 0 Å². The van der Waals surface area contributed by atoms with Crippen LogP contribution in [-0.2, 0) is 4.74 Å². The fourth-order valence-corrected chi connectivity index (χ4v) is 6.36. The van der Waals surface area contributed by atoms with Gasteiger partial charge in [0.25, 0.3) is 0 Å². The van der Waals surface area contributed by atoms with E-state index in [2.05, 4.69) is 102 Å². The highest BCUT2D eigenvalue weighted by atomic mass is 32.1. The van der Waals surface area contributed by atoms with E-state index in [1.54, 1.807) is 0 Å². The lowest BCUT2D eigenvalue weighted by Crippen LogP contribution is -2.36. The first-order valence-corrected chi connectivity index (χ1v) is 14.0. The molecule has 2 atom stereocenters. The SMILES string of the molecule is Cc1ccc(C)c(-n2c(C)cc(C3C(c4ccccn4)NC(=S)N3c3ccc(N4CCOCC4)cc3)c2C)c1. The number of thiocarbonyl (C=S) groups is 1. The number of pyridine rings is 1. The standard InChI is InChI=1S/C32H35N5OS/c1-21-8-9-22(2)29(19-21)36-23(3)20-27(24(36)4)31-30(28-7-5-6-14-33-28)34-32(39)37(31)26-12-10-25(11-13-26)35-15-17-38-18-16-35/h5-14,19-20,30-31H,15-18H2,1-4H3,(H,34,39). The summed E-state index contributed by atoms with van der Waals surface area (Å²) in [5.74, 6) is 0. The number of nitrogens with zero attached hydrogens (tertiary/aromatic N) is 4. The van der Waals surface area contributed by atoms with E-state index in [1.165, 1.54) is 39.5 Å². The van der Waals surface area contributed by atoms with Gasteiger partial charge in [0.1, 0.15) is 0 Å². The van der Waals surface area contributed by atoms with Crippen LogP contribution in [0, 0.1) is 27.7 Å². The molecule has 2 saturated heterocycles. The zero-order chi connectivity index (χ0) is 27.1. The Labute approximate surface area is 236 Å². The van der Waals surface area contributed by atoms with Gasteiger partial charge in [0.15, 0.2) is 5.11 Å². The lowest BCUT2D eigenvalue weighted by molar-refractivity contribution is 0.122. The quantitative estimate of drug-likeness (QED) is 0.310. The van der Waals surface area contributed by atoms with Crippen molar-refractivity contribution in [2.75, 3.05) is 36.1 Å². The van der Waals surface area contributed by atoms with E-state index in [9.17, 15) is 0 Å². The van der Waals surface area contributed by atoms with Gasteiger partial charge in [-0.05, 0) is 105 Å². The first-order valence-electron chi connectivity index (χ1n) is 13.6. The van der Waals surface area contributed by atoms with Crippen molar-refractivity contribution in [2.45, 2.75) is 39.8 Å². The van der Waals surface area contributed by atoms with E-state index < -0.39 is 0 Å². The largest absolute Gasteiger partial charge is 0.378 e. The molecular formula is C32H35N5OS. The molecule has 2 aromatic carbocycles. The highest BCUT2D eigenvalue weighted by Gasteiger charge is 2.42. The number of morpholine rings is 1. The number of ether oxygens (including phenoxy) is 1. The van der Waals surface area contributed by atoms with E-state index >= 15 is 0 Å². The Morgan fingerprint density at radius 2 is 1.64 bits per heavy atom. The number of nitrogens with one attached hydrogen (secondary N) is 1. The van der Waals surface area contributed by atoms with Crippen molar-refractivity contribution in [3.63, 3.8) is 0 Å². The minimum Gasteiger partial charge on any atom is -0.378 e. The van der Waals surface area contributed by atoms with Gasteiger partial charge >= 0.3 is 0 Å². The second-order valence-corrected chi connectivity index (χ2v) is 11.0. The molecule has 4 aromatic rings. The van der Waals surface area contributed by atoms with Gasteiger partial charge in [-0.3, -0.25) is 4.98 Å². The average molecular weight is 538 g/mol. The molecule has 200 valence electrons. The first-order chi connectivity index (χ1) is 18.9. The van der Waals surface area contributed by atoms with Gasteiger partial charge in [-0.1, -0.05) is 18.2 Å². The molecule has 0 spiro atoms. The van der Waals surface area contributed by atoms with Crippen molar-refractivity contribution in [1.82, 2.24) is 14.9 Å². The third kappa shape index (κ3) is 4.70.